The van der Waals surface area contributed by atoms with Crippen LogP contribution in [0, 0.1) is 17.2 Å². The second-order valence-electron chi connectivity index (χ2n) is 8.73. The van der Waals surface area contributed by atoms with Crippen molar-refractivity contribution in [2.45, 2.75) is 69.6 Å². The van der Waals surface area contributed by atoms with Crippen molar-refractivity contribution in [1.29, 1.82) is 5.26 Å². The molecule has 0 bridgehead atoms. The number of nitrogens with one attached hydrogen (secondary N) is 2. The first-order valence-corrected chi connectivity index (χ1v) is 10.8. The standard InChI is InChI=1S/C22H26N6O2/c23-7-5-13-1-3-15(4-2-13)28-19(11-20(30)26-14-9-16(29)10-14)27-18-12-25-22-17(21(18)28)6-8-24-22/h6,8,12-16,29H,1-5,9-11H2,(H,24,25)(H,26,30). The topological polar surface area (TPSA) is 120 Å². The molecule has 0 aromatic carbocycles. The molecular weight excluding hydrogens is 380 g/mol. The van der Waals surface area contributed by atoms with Crippen LogP contribution in [0.4, 0.5) is 0 Å². The Hall–Kier alpha value is -2.92. The van der Waals surface area contributed by atoms with Crippen LogP contribution in [-0.4, -0.2) is 42.7 Å². The van der Waals surface area contributed by atoms with Gasteiger partial charge in [0.2, 0.25) is 5.91 Å². The molecule has 5 rings (SSSR count). The molecule has 3 heterocycles. The molecule has 0 aliphatic heterocycles. The number of amides is 1. The summed E-state index contributed by atoms with van der Waals surface area (Å²) in [5, 5.41) is 22.5. The van der Waals surface area contributed by atoms with Gasteiger partial charge in [-0.25, -0.2) is 9.97 Å². The Balaban J connectivity index is 1.47. The van der Waals surface area contributed by atoms with Crippen molar-refractivity contribution in [3.8, 4) is 6.07 Å². The van der Waals surface area contributed by atoms with Gasteiger partial charge in [0.25, 0.3) is 0 Å². The van der Waals surface area contributed by atoms with Gasteiger partial charge in [-0.15, -0.1) is 0 Å². The summed E-state index contributed by atoms with van der Waals surface area (Å²) in [4.78, 5) is 25.1. The predicted molar refractivity (Wildman–Crippen MR) is 111 cm³/mol. The van der Waals surface area contributed by atoms with Gasteiger partial charge in [0.1, 0.15) is 17.0 Å². The van der Waals surface area contributed by atoms with Gasteiger partial charge >= 0.3 is 0 Å². The van der Waals surface area contributed by atoms with E-state index in [1.54, 1.807) is 6.20 Å². The number of nitrogens with zero attached hydrogens (tertiary/aromatic N) is 4. The van der Waals surface area contributed by atoms with E-state index in [-0.39, 0.29) is 30.5 Å². The van der Waals surface area contributed by atoms with E-state index in [4.69, 9.17) is 10.2 Å². The summed E-state index contributed by atoms with van der Waals surface area (Å²) in [5.41, 5.74) is 2.66. The summed E-state index contributed by atoms with van der Waals surface area (Å²) < 4.78 is 2.25. The number of imidazole rings is 1. The Morgan fingerprint density at radius 2 is 2.13 bits per heavy atom. The lowest BCUT2D eigenvalue weighted by Gasteiger charge is -2.32. The summed E-state index contributed by atoms with van der Waals surface area (Å²) in [7, 11) is 0. The minimum atomic E-state index is -0.295. The monoisotopic (exact) mass is 406 g/mol. The van der Waals surface area contributed by atoms with Gasteiger partial charge in [0.05, 0.1) is 30.3 Å². The minimum absolute atomic E-state index is 0.0557. The molecule has 30 heavy (non-hydrogen) atoms. The molecule has 2 fully saturated rings. The number of aromatic amines is 1. The first-order chi connectivity index (χ1) is 14.6. The summed E-state index contributed by atoms with van der Waals surface area (Å²) in [6.07, 6.45) is 9.44. The molecule has 0 unspecified atom stereocenters. The van der Waals surface area contributed by atoms with E-state index in [9.17, 15) is 9.90 Å². The number of hydrogen-bond donors (Lipinski definition) is 3. The average Bonchev–Trinajstić information content (AvgIpc) is 3.31. The normalized spacial score (nSPS) is 26.4. The Labute approximate surface area is 174 Å². The Morgan fingerprint density at radius 1 is 1.33 bits per heavy atom. The fraction of sp³-hybridized carbons (Fsp3) is 0.545. The number of H-pyrrole nitrogens is 1. The molecule has 156 valence electrons. The first-order valence-electron chi connectivity index (χ1n) is 10.8. The van der Waals surface area contributed by atoms with Gasteiger partial charge in [0.15, 0.2) is 0 Å². The maximum absolute atomic E-state index is 12.7. The number of aromatic nitrogens is 4. The third-order valence-electron chi connectivity index (χ3n) is 6.67. The number of carbonyl (C=O) groups excluding carboxylic acids is 1. The molecule has 8 nitrogen and oxygen atoms in total. The van der Waals surface area contributed by atoms with Crippen LogP contribution in [0.15, 0.2) is 18.5 Å². The molecular formula is C22H26N6O2. The van der Waals surface area contributed by atoms with Gasteiger partial charge in [-0.2, -0.15) is 5.26 Å². The van der Waals surface area contributed by atoms with Crippen LogP contribution in [0.25, 0.3) is 22.1 Å². The number of rotatable bonds is 5. The van der Waals surface area contributed by atoms with Crippen LogP contribution in [0.2, 0.25) is 0 Å². The Kier molecular flexibility index (Phi) is 4.91. The lowest BCUT2D eigenvalue weighted by atomic mass is 9.84. The second-order valence-corrected chi connectivity index (χ2v) is 8.73. The summed E-state index contributed by atoms with van der Waals surface area (Å²) in [5.74, 6) is 1.17. The van der Waals surface area contributed by atoms with Crippen molar-refractivity contribution in [3.63, 3.8) is 0 Å². The maximum Gasteiger partial charge on any atom is 0.227 e. The third kappa shape index (κ3) is 3.43. The fourth-order valence-corrected chi connectivity index (χ4v) is 5.02. The van der Waals surface area contributed by atoms with Crippen LogP contribution >= 0.6 is 0 Å². The van der Waals surface area contributed by atoms with Crippen LogP contribution in [0.3, 0.4) is 0 Å². The van der Waals surface area contributed by atoms with Crippen molar-refractivity contribution in [2.75, 3.05) is 0 Å². The number of fused-ring (bicyclic) bond motifs is 3. The molecule has 0 radical (unpaired) electrons. The number of hydrogen-bond acceptors (Lipinski definition) is 5. The van der Waals surface area contributed by atoms with Crippen LogP contribution in [0.1, 0.15) is 56.8 Å². The van der Waals surface area contributed by atoms with Crippen molar-refractivity contribution < 1.29 is 9.90 Å². The van der Waals surface area contributed by atoms with Crippen molar-refractivity contribution in [1.82, 2.24) is 24.8 Å². The molecule has 3 aromatic heterocycles. The number of aliphatic hydroxyl groups is 1. The number of nitriles is 1. The summed E-state index contributed by atoms with van der Waals surface area (Å²) in [6, 6.07) is 4.65. The minimum Gasteiger partial charge on any atom is -0.393 e. The van der Waals surface area contributed by atoms with Gasteiger partial charge in [-0.3, -0.25) is 4.79 Å². The van der Waals surface area contributed by atoms with E-state index in [0.29, 0.717) is 25.2 Å². The molecule has 2 aliphatic carbocycles. The molecule has 1 amide bonds. The quantitative estimate of drug-likeness (QED) is 0.602. The lowest BCUT2D eigenvalue weighted by Crippen LogP contribution is -2.47. The zero-order valence-electron chi connectivity index (χ0n) is 16.8. The van der Waals surface area contributed by atoms with E-state index in [1.807, 2.05) is 12.3 Å². The smallest absolute Gasteiger partial charge is 0.227 e. The molecule has 3 N–H and O–H groups in total. The average molecular weight is 406 g/mol. The van der Waals surface area contributed by atoms with Crippen LogP contribution < -0.4 is 5.32 Å². The van der Waals surface area contributed by atoms with Gasteiger partial charge in [-0.05, 0) is 50.5 Å². The van der Waals surface area contributed by atoms with E-state index < -0.39 is 0 Å². The van der Waals surface area contributed by atoms with E-state index in [1.165, 1.54) is 0 Å². The largest absolute Gasteiger partial charge is 0.393 e. The highest BCUT2D eigenvalue weighted by molar-refractivity contribution is 6.01. The van der Waals surface area contributed by atoms with Gasteiger partial charge in [-0.1, -0.05) is 0 Å². The zero-order valence-corrected chi connectivity index (χ0v) is 16.8. The van der Waals surface area contributed by atoms with Crippen molar-refractivity contribution in [3.05, 3.63) is 24.3 Å². The Morgan fingerprint density at radius 3 is 2.87 bits per heavy atom. The number of carbonyl (C=O) groups is 1. The van der Waals surface area contributed by atoms with E-state index >= 15 is 0 Å². The summed E-state index contributed by atoms with van der Waals surface area (Å²) >= 11 is 0. The van der Waals surface area contributed by atoms with Crippen LogP contribution in [0.5, 0.6) is 0 Å². The Bertz CT molecular complexity index is 1110. The van der Waals surface area contributed by atoms with Crippen molar-refractivity contribution in [2.24, 2.45) is 5.92 Å². The molecule has 3 aromatic rings. The van der Waals surface area contributed by atoms with E-state index in [2.05, 4.69) is 25.9 Å². The molecule has 0 atom stereocenters. The zero-order chi connectivity index (χ0) is 20.7. The third-order valence-corrected chi connectivity index (χ3v) is 6.67. The molecule has 0 saturated heterocycles. The molecule has 2 aliphatic rings. The van der Waals surface area contributed by atoms with E-state index in [0.717, 1.165) is 53.6 Å². The predicted octanol–water partition coefficient (Wildman–Crippen LogP) is 2.74. The highest BCUT2D eigenvalue weighted by Gasteiger charge is 2.30. The van der Waals surface area contributed by atoms with Gasteiger partial charge in [0, 0.05) is 30.1 Å². The summed E-state index contributed by atoms with van der Waals surface area (Å²) in [6.45, 7) is 0. The maximum atomic E-state index is 12.7. The van der Waals surface area contributed by atoms with Gasteiger partial charge < -0.3 is 20.0 Å². The van der Waals surface area contributed by atoms with Crippen LogP contribution in [-0.2, 0) is 11.2 Å². The molecule has 0 spiro atoms. The lowest BCUT2D eigenvalue weighted by molar-refractivity contribution is -0.122. The number of pyridine rings is 1. The highest BCUT2D eigenvalue weighted by atomic mass is 16.3. The molecule has 8 heteroatoms. The molecule has 2 saturated carbocycles. The SMILES string of the molecule is N#CCC1CCC(n2c(CC(=O)NC3CC(O)C3)nc3cnc4[nH]ccc4c32)CC1. The van der Waals surface area contributed by atoms with Crippen molar-refractivity contribution >= 4 is 28.0 Å². The highest BCUT2D eigenvalue weighted by Crippen LogP contribution is 2.38. The fourth-order valence-electron chi connectivity index (χ4n) is 5.02. The number of aliphatic hydroxyl groups excluding tert-OH is 1. The second kappa shape index (κ2) is 7.73. The first kappa shape index (κ1) is 19.1.